The fourth-order valence-corrected chi connectivity index (χ4v) is 1.71. The molecule has 0 fully saturated rings. The first-order valence-electron chi connectivity index (χ1n) is 6.19. The summed E-state index contributed by atoms with van der Waals surface area (Å²) in [4.78, 5) is 0. The third kappa shape index (κ3) is 4.36. The third-order valence-corrected chi connectivity index (χ3v) is 2.77. The van der Waals surface area contributed by atoms with Crippen LogP contribution in [-0.4, -0.2) is 19.8 Å². The molecule has 2 atom stereocenters. The second-order valence-electron chi connectivity index (χ2n) is 4.27. The number of methoxy groups -OCH3 is 1. The van der Waals surface area contributed by atoms with Crippen molar-refractivity contribution in [1.29, 1.82) is 0 Å². The van der Waals surface area contributed by atoms with Gasteiger partial charge in [0.2, 0.25) is 0 Å². The van der Waals surface area contributed by atoms with Crippen LogP contribution in [0.1, 0.15) is 38.3 Å². The summed E-state index contributed by atoms with van der Waals surface area (Å²) in [6.45, 7) is 4.84. The summed E-state index contributed by atoms with van der Waals surface area (Å²) in [5.41, 5.74) is 7.24. The van der Waals surface area contributed by atoms with Crippen LogP contribution in [0.2, 0.25) is 0 Å². The molecule has 0 bridgehead atoms. The summed E-state index contributed by atoms with van der Waals surface area (Å²) in [6, 6.07) is 7.92. The lowest BCUT2D eigenvalue weighted by molar-refractivity contribution is 0.104. The molecule has 0 radical (unpaired) electrons. The summed E-state index contributed by atoms with van der Waals surface area (Å²) in [5.74, 6) is 0.894. The van der Waals surface area contributed by atoms with E-state index in [2.05, 4.69) is 6.92 Å². The van der Waals surface area contributed by atoms with E-state index in [1.165, 1.54) is 0 Å². The number of para-hydroxylation sites is 1. The van der Waals surface area contributed by atoms with Gasteiger partial charge in [0.25, 0.3) is 0 Å². The van der Waals surface area contributed by atoms with Crippen LogP contribution < -0.4 is 10.5 Å². The van der Waals surface area contributed by atoms with Gasteiger partial charge >= 0.3 is 0 Å². The van der Waals surface area contributed by atoms with Gasteiger partial charge in [0.1, 0.15) is 5.75 Å². The van der Waals surface area contributed by atoms with E-state index in [1.807, 2.05) is 31.2 Å². The molecule has 1 aromatic rings. The highest BCUT2D eigenvalue weighted by Gasteiger charge is 2.14. The van der Waals surface area contributed by atoms with Gasteiger partial charge in [-0.25, -0.2) is 0 Å². The summed E-state index contributed by atoms with van der Waals surface area (Å²) in [7, 11) is 1.71. The summed E-state index contributed by atoms with van der Waals surface area (Å²) in [5, 5.41) is 0. The number of hydrogen-bond acceptors (Lipinski definition) is 3. The summed E-state index contributed by atoms with van der Waals surface area (Å²) in [6.07, 6.45) is 1.95. The van der Waals surface area contributed by atoms with Crippen LogP contribution in [0.25, 0.3) is 0 Å². The molecule has 0 saturated carbocycles. The van der Waals surface area contributed by atoms with Gasteiger partial charge in [-0.3, -0.25) is 0 Å². The average Bonchev–Trinajstić information content (AvgIpc) is 2.36. The molecular formula is C14H23NO2. The highest BCUT2D eigenvalue weighted by Crippen LogP contribution is 2.26. The Bertz CT molecular complexity index is 328. The van der Waals surface area contributed by atoms with Crippen molar-refractivity contribution in [3.05, 3.63) is 29.8 Å². The topological polar surface area (TPSA) is 44.5 Å². The Kier molecular flexibility index (Phi) is 6.01. The predicted molar refractivity (Wildman–Crippen MR) is 70.2 cm³/mol. The monoisotopic (exact) mass is 237 g/mol. The van der Waals surface area contributed by atoms with Gasteiger partial charge in [0.15, 0.2) is 0 Å². The highest BCUT2D eigenvalue weighted by atomic mass is 16.5. The molecule has 96 valence electrons. The Morgan fingerprint density at radius 3 is 2.65 bits per heavy atom. The van der Waals surface area contributed by atoms with E-state index in [0.717, 1.165) is 30.8 Å². The van der Waals surface area contributed by atoms with E-state index in [9.17, 15) is 0 Å². The van der Waals surface area contributed by atoms with E-state index in [1.54, 1.807) is 7.11 Å². The van der Waals surface area contributed by atoms with E-state index >= 15 is 0 Å². The van der Waals surface area contributed by atoms with Crippen molar-refractivity contribution in [1.82, 2.24) is 0 Å². The fourth-order valence-electron chi connectivity index (χ4n) is 1.71. The van der Waals surface area contributed by atoms with Gasteiger partial charge in [0.05, 0.1) is 12.7 Å². The minimum absolute atomic E-state index is 0.0435. The lowest BCUT2D eigenvalue weighted by Crippen LogP contribution is -2.19. The summed E-state index contributed by atoms with van der Waals surface area (Å²) < 4.78 is 10.9. The first-order valence-corrected chi connectivity index (χ1v) is 6.19. The first-order chi connectivity index (χ1) is 8.19. The summed E-state index contributed by atoms with van der Waals surface area (Å²) >= 11 is 0. The number of ether oxygens (including phenoxy) is 2. The Morgan fingerprint density at radius 1 is 1.29 bits per heavy atom. The van der Waals surface area contributed by atoms with Crippen molar-refractivity contribution in [3.8, 4) is 5.75 Å². The molecule has 3 heteroatoms. The maximum absolute atomic E-state index is 6.18. The molecule has 0 aromatic heterocycles. The normalized spacial score (nSPS) is 14.4. The second kappa shape index (κ2) is 7.30. The smallest absolute Gasteiger partial charge is 0.124 e. The average molecular weight is 237 g/mol. The number of rotatable bonds is 7. The molecule has 17 heavy (non-hydrogen) atoms. The lowest BCUT2D eigenvalue weighted by Gasteiger charge is -2.19. The van der Waals surface area contributed by atoms with Crippen molar-refractivity contribution < 1.29 is 9.47 Å². The minimum Gasteiger partial charge on any atom is -0.493 e. The maximum Gasteiger partial charge on any atom is 0.124 e. The minimum atomic E-state index is -0.0435. The molecule has 1 aromatic carbocycles. The van der Waals surface area contributed by atoms with Crippen LogP contribution >= 0.6 is 0 Å². The van der Waals surface area contributed by atoms with Crippen LogP contribution in [0.15, 0.2) is 24.3 Å². The van der Waals surface area contributed by atoms with Crippen LogP contribution in [0.3, 0.4) is 0 Å². The van der Waals surface area contributed by atoms with Crippen molar-refractivity contribution in [2.75, 3.05) is 13.7 Å². The Labute approximate surface area is 104 Å². The molecular weight excluding hydrogens is 214 g/mol. The molecule has 0 saturated heterocycles. The van der Waals surface area contributed by atoms with Gasteiger partial charge < -0.3 is 15.2 Å². The van der Waals surface area contributed by atoms with E-state index in [4.69, 9.17) is 15.2 Å². The molecule has 2 unspecified atom stereocenters. The maximum atomic E-state index is 6.18. The van der Waals surface area contributed by atoms with Crippen LogP contribution in [0.4, 0.5) is 0 Å². The van der Waals surface area contributed by atoms with Crippen molar-refractivity contribution in [2.45, 2.75) is 38.8 Å². The zero-order valence-corrected chi connectivity index (χ0v) is 11.0. The molecule has 3 nitrogen and oxygen atoms in total. The van der Waals surface area contributed by atoms with Crippen molar-refractivity contribution in [3.63, 3.8) is 0 Å². The largest absolute Gasteiger partial charge is 0.493 e. The van der Waals surface area contributed by atoms with Crippen LogP contribution in [-0.2, 0) is 4.74 Å². The molecule has 0 spiro atoms. The second-order valence-corrected chi connectivity index (χ2v) is 4.27. The molecule has 1 rings (SSSR count). The first kappa shape index (κ1) is 14.0. The standard InChI is InChI=1S/C14H23NO2/c1-4-9-17-14-8-6-5-7-12(14)13(15)10-11(2)16-3/h5-8,11,13H,4,9-10,15H2,1-3H3. The number of nitrogens with two attached hydrogens (primary N) is 1. The van der Waals surface area contributed by atoms with Gasteiger partial charge in [-0.05, 0) is 25.8 Å². The predicted octanol–water partition coefficient (Wildman–Crippen LogP) is 2.90. The SMILES string of the molecule is CCCOc1ccccc1C(N)CC(C)OC. The van der Waals surface area contributed by atoms with Gasteiger partial charge in [0, 0.05) is 18.7 Å². The molecule has 0 heterocycles. The van der Waals surface area contributed by atoms with E-state index < -0.39 is 0 Å². The number of benzene rings is 1. The molecule has 0 amide bonds. The number of hydrogen-bond donors (Lipinski definition) is 1. The fraction of sp³-hybridized carbons (Fsp3) is 0.571. The third-order valence-electron chi connectivity index (χ3n) is 2.77. The Morgan fingerprint density at radius 2 is 2.00 bits per heavy atom. The van der Waals surface area contributed by atoms with Crippen LogP contribution in [0.5, 0.6) is 5.75 Å². The molecule has 0 aliphatic carbocycles. The zero-order valence-electron chi connectivity index (χ0n) is 11.0. The van der Waals surface area contributed by atoms with Crippen molar-refractivity contribution >= 4 is 0 Å². The Hall–Kier alpha value is -1.06. The lowest BCUT2D eigenvalue weighted by atomic mass is 10.0. The molecule has 0 aliphatic heterocycles. The van der Waals surface area contributed by atoms with Gasteiger partial charge in [-0.1, -0.05) is 25.1 Å². The zero-order chi connectivity index (χ0) is 12.7. The van der Waals surface area contributed by atoms with Crippen molar-refractivity contribution in [2.24, 2.45) is 5.73 Å². The molecule has 0 aliphatic rings. The highest BCUT2D eigenvalue weighted by molar-refractivity contribution is 5.35. The van der Waals surface area contributed by atoms with Gasteiger partial charge in [-0.15, -0.1) is 0 Å². The molecule has 2 N–H and O–H groups in total. The van der Waals surface area contributed by atoms with E-state index in [0.29, 0.717) is 0 Å². The quantitative estimate of drug-likeness (QED) is 0.793. The van der Waals surface area contributed by atoms with E-state index in [-0.39, 0.29) is 12.1 Å². The Balaban J connectivity index is 2.73. The van der Waals surface area contributed by atoms with Gasteiger partial charge in [-0.2, -0.15) is 0 Å². The van der Waals surface area contributed by atoms with Crippen LogP contribution in [0, 0.1) is 0 Å².